The summed E-state index contributed by atoms with van der Waals surface area (Å²) in [5, 5.41) is 0.444. The maximum Gasteiger partial charge on any atom is 0.417 e. The van der Waals surface area contributed by atoms with E-state index in [2.05, 4.69) is 4.98 Å². The predicted molar refractivity (Wildman–Crippen MR) is 61.7 cm³/mol. The molecule has 4 N–H and O–H groups in total. The molecule has 0 aliphatic heterocycles. The normalized spacial score (nSPS) is 13.3. The zero-order valence-electron chi connectivity index (χ0n) is 9.28. The van der Waals surface area contributed by atoms with Crippen LogP contribution in [0.3, 0.4) is 0 Å². The van der Waals surface area contributed by atoms with Gasteiger partial charge in [-0.25, -0.2) is 4.98 Å². The third-order valence-corrected chi connectivity index (χ3v) is 3.09. The molecular weight excluding hydrogens is 267 g/mol. The fraction of sp³-hybridized carbons (Fsp3) is 0.400. The van der Waals surface area contributed by atoms with Crippen molar-refractivity contribution in [1.29, 1.82) is 0 Å². The van der Waals surface area contributed by atoms with Gasteiger partial charge < -0.3 is 11.5 Å². The summed E-state index contributed by atoms with van der Waals surface area (Å²) in [6.45, 7) is 0. The molecule has 18 heavy (non-hydrogen) atoms. The van der Waals surface area contributed by atoms with Crippen molar-refractivity contribution in [3.63, 3.8) is 0 Å². The number of nitrogens with two attached hydrogens (primary N) is 2. The molecule has 100 valence electrons. The first-order chi connectivity index (χ1) is 8.30. The second kappa shape index (κ2) is 6.05. The van der Waals surface area contributed by atoms with Crippen molar-refractivity contribution in [2.45, 2.75) is 23.7 Å². The molecule has 0 saturated heterocycles. The van der Waals surface area contributed by atoms with Crippen molar-refractivity contribution in [2.75, 3.05) is 5.75 Å². The number of amides is 1. The highest BCUT2D eigenvalue weighted by atomic mass is 32.2. The molecule has 1 atom stereocenters. The summed E-state index contributed by atoms with van der Waals surface area (Å²) in [6, 6.07) is 1.50. The van der Waals surface area contributed by atoms with Crippen molar-refractivity contribution in [3.8, 4) is 0 Å². The molecule has 1 heterocycles. The number of hydrogen-bond donors (Lipinski definition) is 2. The van der Waals surface area contributed by atoms with Crippen molar-refractivity contribution in [3.05, 3.63) is 23.9 Å². The largest absolute Gasteiger partial charge is 0.417 e. The monoisotopic (exact) mass is 279 g/mol. The SMILES string of the molecule is NC(=O)C(N)CCSc1ccc(C(F)(F)F)cn1. The van der Waals surface area contributed by atoms with Crippen LogP contribution in [-0.4, -0.2) is 22.7 Å². The Balaban J connectivity index is 2.47. The number of primary amides is 1. The van der Waals surface area contributed by atoms with Gasteiger partial charge in [0.2, 0.25) is 5.91 Å². The Labute approximate surface area is 106 Å². The molecule has 1 amide bonds. The van der Waals surface area contributed by atoms with Gasteiger partial charge in [0.15, 0.2) is 0 Å². The fourth-order valence-electron chi connectivity index (χ4n) is 1.07. The van der Waals surface area contributed by atoms with Crippen LogP contribution in [0.4, 0.5) is 13.2 Å². The van der Waals surface area contributed by atoms with E-state index in [0.29, 0.717) is 17.2 Å². The minimum absolute atomic E-state index is 0.350. The van der Waals surface area contributed by atoms with Crippen molar-refractivity contribution in [1.82, 2.24) is 4.98 Å². The lowest BCUT2D eigenvalue weighted by Gasteiger charge is -2.08. The minimum Gasteiger partial charge on any atom is -0.368 e. The van der Waals surface area contributed by atoms with E-state index in [1.165, 1.54) is 17.8 Å². The number of carbonyl (C=O) groups is 1. The number of hydrogen-bond acceptors (Lipinski definition) is 4. The van der Waals surface area contributed by atoms with Crippen LogP contribution in [0.5, 0.6) is 0 Å². The summed E-state index contributed by atoms with van der Waals surface area (Å²) in [7, 11) is 0. The third-order valence-electron chi connectivity index (χ3n) is 2.11. The van der Waals surface area contributed by atoms with E-state index in [1.807, 2.05) is 0 Å². The maximum absolute atomic E-state index is 12.3. The van der Waals surface area contributed by atoms with Gasteiger partial charge in [-0.2, -0.15) is 13.2 Å². The molecule has 0 radical (unpaired) electrons. The van der Waals surface area contributed by atoms with Crippen LogP contribution < -0.4 is 11.5 Å². The molecule has 0 fully saturated rings. The number of pyridine rings is 1. The Morgan fingerprint density at radius 3 is 2.56 bits per heavy atom. The first-order valence-corrected chi connectivity index (χ1v) is 6.00. The lowest BCUT2D eigenvalue weighted by atomic mass is 10.2. The van der Waals surface area contributed by atoms with Gasteiger partial charge in [-0.05, 0) is 18.6 Å². The number of aromatic nitrogens is 1. The second-order valence-corrected chi connectivity index (χ2v) is 4.64. The Morgan fingerprint density at radius 2 is 2.11 bits per heavy atom. The molecular formula is C10H12F3N3OS. The number of rotatable bonds is 5. The lowest BCUT2D eigenvalue weighted by Crippen LogP contribution is -2.36. The van der Waals surface area contributed by atoms with Gasteiger partial charge in [0, 0.05) is 11.9 Å². The first kappa shape index (κ1) is 14.8. The highest BCUT2D eigenvalue weighted by molar-refractivity contribution is 7.99. The maximum atomic E-state index is 12.3. The highest BCUT2D eigenvalue weighted by Gasteiger charge is 2.30. The van der Waals surface area contributed by atoms with Crippen LogP contribution in [-0.2, 0) is 11.0 Å². The molecule has 0 aliphatic rings. The molecule has 4 nitrogen and oxygen atoms in total. The van der Waals surface area contributed by atoms with Gasteiger partial charge in [0.05, 0.1) is 16.6 Å². The molecule has 1 rings (SSSR count). The topological polar surface area (TPSA) is 82.0 Å². The summed E-state index contributed by atoms with van der Waals surface area (Å²) in [5.41, 5.74) is 9.58. The van der Waals surface area contributed by atoms with Crippen LogP contribution in [0.2, 0.25) is 0 Å². The number of nitrogens with zero attached hydrogens (tertiary/aromatic N) is 1. The van der Waals surface area contributed by atoms with Gasteiger partial charge in [0.25, 0.3) is 0 Å². The molecule has 1 aromatic heterocycles. The van der Waals surface area contributed by atoms with Crippen molar-refractivity contribution in [2.24, 2.45) is 11.5 Å². The van der Waals surface area contributed by atoms with E-state index in [0.717, 1.165) is 12.3 Å². The van der Waals surface area contributed by atoms with E-state index < -0.39 is 23.7 Å². The number of thioether (sulfide) groups is 1. The summed E-state index contributed by atoms with van der Waals surface area (Å²) < 4.78 is 36.8. The fourth-order valence-corrected chi connectivity index (χ4v) is 1.94. The van der Waals surface area contributed by atoms with E-state index >= 15 is 0 Å². The Hall–Kier alpha value is -1.28. The Morgan fingerprint density at radius 1 is 1.44 bits per heavy atom. The summed E-state index contributed by atoms with van der Waals surface area (Å²) in [6.07, 6.45) is -3.26. The Bertz CT molecular complexity index is 408. The average Bonchev–Trinajstić information content (AvgIpc) is 2.28. The van der Waals surface area contributed by atoms with Crippen LogP contribution >= 0.6 is 11.8 Å². The average molecular weight is 279 g/mol. The van der Waals surface area contributed by atoms with E-state index in [1.54, 1.807) is 0 Å². The zero-order valence-corrected chi connectivity index (χ0v) is 10.1. The molecule has 0 bridgehead atoms. The molecule has 1 unspecified atom stereocenters. The number of halogens is 3. The van der Waals surface area contributed by atoms with Gasteiger partial charge in [-0.1, -0.05) is 0 Å². The number of alkyl halides is 3. The molecule has 8 heteroatoms. The first-order valence-electron chi connectivity index (χ1n) is 5.01. The van der Waals surface area contributed by atoms with Crippen LogP contribution in [0, 0.1) is 0 Å². The second-order valence-electron chi connectivity index (χ2n) is 3.53. The third kappa shape index (κ3) is 4.53. The summed E-state index contributed by atoms with van der Waals surface area (Å²) in [5.74, 6) is -0.140. The summed E-state index contributed by atoms with van der Waals surface area (Å²) in [4.78, 5) is 14.3. The molecule has 0 spiro atoms. The summed E-state index contributed by atoms with van der Waals surface area (Å²) >= 11 is 1.22. The van der Waals surface area contributed by atoms with E-state index in [4.69, 9.17) is 11.5 Å². The van der Waals surface area contributed by atoms with Crippen LogP contribution in [0.25, 0.3) is 0 Å². The van der Waals surface area contributed by atoms with Crippen molar-refractivity contribution >= 4 is 17.7 Å². The lowest BCUT2D eigenvalue weighted by molar-refractivity contribution is -0.137. The van der Waals surface area contributed by atoms with Crippen molar-refractivity contribution < 1.29 is 18.0 Å². The van der Waals surface area contributed by atoms with E-state index in [9.17, 15) is 18.0 Å². The molecule has 0 aromatic carbocycles. The number of carbonyl (C=O) groups excluding carboxylic acids is 1. The minimum atomic E-state index is -4.38. The molecule has 1 aromatic rings. The van der Waals surface area contributed by atoms with Crippen LogP contribution in [0.1, 0.15) is 12.0 Å². The van der Waals surface area contributed by atoms with Gasteiger partial charge in [0.1, 0.15) is 0 Å². The smallest absolute Gasteiger partial charge is 0.368 e. The quantitative estimate of drug-likeness (QED) is 0.798. The highest BCUT2D eigenvalue weighted by Crippen LogP contribution is 2.29. The predicted octanol–water partition coefficient (Wildman–Crippen LogP) is 1.40. The van der Waals surface area contributed by atoms with Gasteiger partial charge in [-0.15, -0.1) is 11.8 Å². The van der Waals surface area contributed by atoms with Gasteiger partial charge in [-0.3, -0.25) is 4.79 Å². The molecule has 0 aliphatic carbocycles. The standard InChI is InChI=1S/C10H12F3N3OS/c11-10(12,13)6-1-2-8(16-5-6)18-4-3-7(14)9(15)17/h1-2,5,7H,3-4,14H2,(H2,15,17). The van der Waals surface area contributed by atoms with Gasteiger partial charge >= 0.3 is 6.18 Å². The Kier molecular flexibility index (Phi) is 4.97. The van der Waals surface area contributed by atoms with E-state index in [-0.39, 0.29) is 0 Å². The molecule has 0 saturated carbocycles. The van der Waals surface area contributed by atoms with Crippen LogP contribution in [0.15, 0.2) is 23.4 Å². The zero-order chi connectivity index (χ0) is 13.8.